The number of likely N-dealkylation sites (tertiary alicyclic amines) is 1. The van der Waals surface area contributed by atoms with Crippen molar-refractivity contribution < 1.29 is 24.2 Å². The third-order valence-electron chi connectivity index (χ3n) is 2.79. The first-order valence-corrected chi connectivity index (χ1v) is 5.94. The van der Waals surface area contributed by atoms with Crippen LogP contribution < -0.4 is 0 Å². The monoisotopic (exact) mass is 257 g/mol. The van der Waals surface area contributed by atoms with Crippen molar-refractivity contribution in [1.82, 2.24) is 4.90 Å². The van der Waals surface area contributed by atoms with Crippen molar-refractivity contribution in [3.8, 4) is 0 Å². The van der Waals surface area contributed by atoms with Crippen LogP contribution in [0.5, 0.6) is 0 Å². The van der Waals surface area contributed by atoms with Crippen molar-refractivity contribution in [3.05, 3.63) is 0 Å². The molecule has 0 spiro atoms. The molecule has 1 atom stereocenters. The van der Waals surface area contributed by atoms with E-state index in [-0.39, 0.29) is 24.9 Å². The van der Waals surface area contributed by atoms with Crippen LogP contribution in [-0.4, -0.2) is 40.6 Å². The predicted octanol–water partition coefficient (Wildman–Crippen LogP) is 1.63. The molecule has 0 aliphatic carbocycles. The fourth-order valence-electron chi connectivity index (χ4n) is 1.70. The summed E-state index contributed by atoms with van der Waals surface area (Å²) in [6.45, 7) is 6.29. The van der Waals surface area contributed by atoms with E-state index in [9.17, 15) is 14.4 Å². The van der Waals surface area contributed by atoms with E-state index in [1.54, 1.807) is 0 Å². The van der Waals surface area contributed by atoms with Gasteiger partial charge in [-0.2, -0.15) is 0 Å². The van der Waals surface area contributed by atoms with Gasteiger partial charge in [-0.05, 0) is 18.3 Å². The van der Waals surface area contributed by atoms with Crippen LogP contribution in [0.15, 0.2) is 0 Å². The highest BCUT2D eigenvalue weighted by molar-refractivity contribution is 5.98. The molecule has 0 saturated carbocycles. The van der Waals surface area contributed by atoms with E-state index in [2.05, 4.69) is 0 Å². The zero-order chi connectivity index (χ0) is 13.9. The molecule has 0 radical (unpaired) electrons. The minimum absolute atomic E-state index is 0.0399. The quantitative estimate of drug-likeness (QED) is 0.777. The molecule has 102 valence electrons. The van der Waals surface area contributed by atoms with Gasteiger partial charge in [0.1, 0.15) is 6.04 Å². The maximum absolute atomic E-state index is 11.7. The van der Waals surface area contributed by atoms with Crippen LogP contribution in [0.2, 0.25) is 0 Å². The Morgan fingerprint density at radius 2 is 2.06 bits per heavy atom. The molecule has 0 bridgehead atoms. The van der Waals surface area contributed by atoms with Crippen LogP contribution in [0, 0.1) is 5.41 Å². The van der Waals surface area contributed by atoms with E-state index in [0.29, 0.717) is 11.3 Å². The summed E-state index contributed by atoms with van der Waals surface area (Å²) in [5, 5.41) is 8.85. The van der Waals surface area contributed by atoms with Gasteiger partial charge in [-0.3, -0.25) is 4.79 Å². The van der Waals surface area contributed by atoms with Gasteiger partial charge in [-0.15, -0.1) is 0 Å². The van der Waals surface area contributed by atoms with Gasteiger partial charge < -0.3 is 9.84 Å². The Morgan fingerprint density at radius 3 is 2.56 bits per heavy atom. The van der Waals surface area contributed by atoms with Crippen LogP contribution in [0.1, 0.15) is 40.0 Å². The molecule has 0 aromatic rings. The normalized spacial score (nSPS) is 20.1. The second kappa shape index (κ2) is 5.37. The summed E-state index contributed by atoms with van der Waals surface area (Å²) in [5.74, 6) is -1.17. The molecule has 6 nitrogen and oxygen atoms in total. The number of ether oxygens (including phenoxy) is 1. The van der Waals surface area contributed by atoms with Crippen molar-refractivity contribution in [3.63, 3.8) is 0 Å². The Morgan fingerprint density at radius 1 is 1.44 bits per heavy atom. The fourth-order valence-corrected chi connectivity index (χ4v) is 1.70. The zero-order valence-corrected chi connectivity index (χ0v) is 10.9. The summed E-state index contributed by atoms with van der Waals surface area (Å²) < 4.78 is 5.03. The van der Waals surface area contributed by atoms with Crippen LogP contribution in [0.4, 0.5) is 4.79 Å². The van der Waals surface area contributed by atoms with Crippen molar-refractivity contribution in [2.24, 2.45) is 5.41 Å². The Kier molecular flexibility index (Phi) is 4.32. The number of hydrogen-bond acceptors (Lipinski definition) is 4. The number of carboxylic acid groups (broad SMARTS) is 1. The molecular formula is C12H19NO5. The summed E-state index contributed by atoms with van der Waals surface area (Å²) in [6, 6.07) is -0.977. The van der Waals surface area contributed by atoms with Crippen LogP contribution >= 0.6 is 0 Å². The molecule has 1 saturated heterocycles. The van der Waals surface area contributed by atoms with E-state index in [0.717, 1.165) is 0 Å². The standard InChI is InChI=1S/C12H19NO5/c1-12(2,3)6-7-18-10(15)8-4-5-9(14)13(8)11(16)17/h8H,4-7H2,1-3H3,(H,16,17). The topological polar surface area (TPSA) is 83.9 Å². The van der Waals surface area contributed by atoms with Crippen molar-refractivity contribution >= 4 is 18.0 Å². The molecule has 1 aliphatic rings. The summed E-state index contributed by atoms with van der Waals surface area (Å²) in [4.78, 5) is 34.4. The molecule has 18 heavy (non-hydrogen) atoms. The van der Waals surface area contributed by atoms with Crippen molar-refractivity contribution in [2.75, 3.05) is 6.61 Å². The summed E-state index contributed by atoms with van der Waals surface area (Å²) >= 11 is 0. The second-order valence-electron chi connectivity index (χ2n) is 5.58. The Hall–Kier alpha value is -1.59. The summed E-state index contributed by atoms with van der Waals surface area (Å²) in [6.07, 6.45) is -0.424. The Balaban J connectivity index is 2.51. The fraction of sp³-hybridized carbons (Fsp3) is 0.750. The minimum Gasteiger partial charge on any atom is -0.465 e. The average molecular weight is 257 g/mol. The molecule has 2 amide bonds. The first-order chi connectivity index (χ1) is 8.22. The third kappa shape index (κ3) is 3.72. The molecule has 1 N–H and O–H groups in total. The molecule has 1 rings (SSSR count). The molecule has 0 aromatic carbocycles. The lowest BCUT2D eigenvalue weighted by Crippen LogP contribution is -2.43. The minimum atomic E-state index is -1.39. The first-order valence-electron chi connectivity index (χ1n) is 5.94. The highest BCUT2D eigenvalue weighted by Gasteiger charge is 2.41. The number of hydrogen-bond donors (Lipinski definition) is 1. The molecule has 1 aliphatic heterocycles. The lowest BCUT2D eigenvalue weighted by atomic mass is 9.93. The van der Waals surface area contributed by atoms with Gasteiger partial charge >= 0.3 is 12.1 Å². The van der Waals surface area contributed by atoms with Gasteiger partial charge in [-0.25, -0.2) is 14.5 Å². The van der Waals surface area contributed by atoms with E-state index < -0.39 is 24.0 Å². The molecule has 1 heterocycles. The molecule has 1 fully saturated rings. The lowest BCUT2D eigenvalue weighted by molar-refractivity contribution is -0.151. The average Bonchev–Trinajstić information content (AvgIpc) is 2.58. The number of imide groups is 1. The van der Waals surface area contributed by atoms with Gasteiger partial charge in [0.05, 0.1) is 6.61 Å². The van der Waals surface area contributed by atoms with Gasteiger partial charge in [0.15, 0.2) is 0 Å². The van der Waals surface area contributed by atoms with Gasteiger partial charge in [-0.1, -0.05) is 20.8 Å². The lowest BCUT2D eigenvalue weighted by Gasteiger charge is -2.21. The Labute approximate surface area is 106 Å². The number of rotatable bonds is 3. The van der Waals surface area contributed by atoms with Gasteiger partial charge in [0, 0.05) is 6.42 Å². The number of esters is 1. The highest BCUT2D eigenvalue weighted by Crippen LogP contribution is 2.22. The van der Waals surface area contributed by atoms with Crippen molar-refractivity contribution in [2.45, 2.75) is 46.1 Å². The number of carbonyl (C=O) groups excluding carboxylic acids is 2. The molecule has 0 aromatic heterocycles. The van der Waals surface area contributed by atoms with E-state index in [4.69, 9.17) is 9.84 Å². The first kappa shape index (κ1) is 14.5. The Bertz CT molecular complexity index is 358. The largest absolute Gasteiger partial charge is 0.465 e. The maximum atomic E-state index is 11.7. The third-order valence-corrected chi connectivity index (χ3v) is 2.79. The van der Waals surface area contributed by atoms with E-state index in [1.807, 2.05) is 20.8 Å². The maximum Gasteiger partial charge on any atom is 0.414 e. The zero-order valence-electron chi connectivity index (χ0n) is 10.9. The van der Waals surface area contributed by atoms with Crippen LogP contribution in [0.3, 0.4) is 0 Å². The molecular weight excluding hydrogens is 238 g/mol. The second-order valence-corrected chi connectivity index (χ2v) is 5.58. The van der Waals surface area contributed by atoms with E-state index >= 15 is 0 Å². The SMILES string of the molecule is CC(C)(C)CCOC(=O)C1CCC(=O)N1C(=O)O. The predicted molar refractivity (Wildman–Crippen MR) is 62.9 cm³/mol. The highest BCUT2D eigenvalue weighted by atomic mass is 16.5. The van der Waals surface area contributed by atoms with Crippen molar-refractivity contribution in [1.29, 1.82) is 0 Å². The molecule has 6 heteroatoms. The number of nitrogens with zero attached hydrogens (tertiary/aromatic N) is 1. The molecule has 1 unspecified atom stereocenters. The number of amides is 2. The summed E-state index contributed by atoms with van der Waals surface area (Å²) in [5.41, 5.74) is 0.0399. The van der Waals surface area contributed by atoms with Gasteiger partial charge in [0.2, 0.25) is 5.91 Å². The summed E-state index contributed by atoms with van der Waals surface area (Å²) in [7, 11) is 0. The van der Waals surface area contributed by atoms with E-state index in [1.165, 1.54) is 0 Å². The smallest absolute Gasteiger partial charge is 0.414 e. The van der Waals surface area contributed by atoms with Gasteiger partial charge in [0.25, 0.3) is 0 Å². The van der Waals surface area contributed by atoms with Crippen LogP contribution in [-0.2, 0) is 14.3 Å². The number of carbonyl (C=O) groups is 3. The van der Waals surface area contributed by atoms with Crippen LogP contribution in [0.25, 0.3) is 0 Å².